The lowest BCUT2D eigenvalue weighted by atomic mass is 9.71. The van der Waals surface area contributed by atoms with E-state index in [1.54, 1.807) is 0 Å². The summed E-state index contributed by atoms with van der Waals surface area (Å²) < 4.78 is 0. The lowest BCUT2D eigenvalue weighted by Gasteiger charge is -2.35. The summed E-state index contributed by atoms with van der Waals surface area (Å²) in [7, 11) is 0. The molecular formula is C10H18ClN. The van der Waals surface area contributed by atoms with Gasteiger partial charge in [0.15, 0.2) is 0 Å². The molecule has 12 heavy (non-hydrogen) atoms. The molecule has 0 amide bonds. The second-order valence-electron chi connectivity index (χ2n) is 4.10. The third-order valence-corrected chi connectivity index (χ3v) is 3.15. The van der Waals surface area contributed by atoms with Gasteiger partial charge in [0.2, 0.25) is 0 Å². The van der Waals surface area contributed by atoms with Gasteiger partial charge in [-0.05, 0) is 50.0 Å². The molecule has 0 aliphatic heterocycles. The highest BCUT2D eigenvalue weighted by molar-refractivity contribution is 5.85. The van der Waals surface area contributed by atoms with Crippen molar-refractivity contribution < 1.29 is 0 Å². The summed E-state index contributed by atoms with van der Waals surface area (Å²) in [6.45, 7) is 0.904. The van der Waals surface area contributed by atoms with Crippen LogP contribution in [0.4, 0.5) is 0 Å². The average Bonchev–Trinajstić information content (AvgIpc) is 2.03. The standard InChI is InChI=1S/C10H17N.ClH/c11-7-10-5-8-2-1-3-9(4-8)6-10;/h1-2,8-10H,3-7,11H2;1H/t8-,9+,10+;/m1./s1. The maximum atomic E-state index is 5.68. The van der Waals surface area contributed by atoms with E-state index in [0.29, 0.717) is 0 Å². The Morgan fingerprint density at radius 2 is 2.08 bits per heavy atom. The van der Waals surface area contributed by atoms with Crippen molar-refractivity contribution in [1.29, 1.82) is 0 Å². The van der Waals surface area contributed by atoms with Crippen LogP contribution >= 0.6 is 12.4 Å². The van der Waals surface area contributed by atoms with Crippen molar-refractivity contribution in [3.63, 3.8) is 0 Å². The molecule has 3 atom stereocenters. The van der Waals surface area contributed by atoms with Crippen LogP contribution in [0.25, 0.3) is 0 Å². The number of halogens is 1. The number of allylic oxidation sites excluding steroid dienone is 2. The smallest absolute Gasteiger partial charge is 0.00485 e. The Balaban J connectivity index is 0.000000720. The van der Waals surface area contributed by atoms with Gasteiger partial charge in [-0.1, -0.05) is 12.2 Å². The first-order valence-corrected chi connectivity index (χ1v) is 4.75. The fraction of sp³-hybridized carbons (Fsp3) is 0.800. The summed E-state index contributed by atoms with van der Waals surface area (Å²) in [6.07, 6.45) is 10.3. The largest absolute Gasteiger partial charge is 0.330 e. The fourth-order valence-electron chi connectivity index (χ4n) is 2.62. The van der Waals surface area contributed by atoms with E-state index in [-0.39, 0.29) is 12.4 Å². The summed E-state index contributed by atoms with van der Waals surface area (Å²) >= 11 is 0. The van der Waals surface area contributed by atoms with Crippen LogP contribution in [0.1, 0.15) is 25.7 Å². The number of fused-ring (bicyclic) bond motifs is 2. The fourth-order valence-corrected chi connectivity index (χ4v) is 2.62. The summed E-state index contributed by atoms with van der Waals surface area (Å²) in [5.74, 6) is 2.66. The zero-order chi connectivity index (χ0) is 7.68. The van der Waals surface area contributed by atoms with Crippen LogP contribution in [0.15, 0.2) is 12.2 Å². The highest BCUT2D eigenvalue weighted by atomic mass is 35.5. The minimum atomic E-state index is 0. The van der Waals surface area contributed by atoms with E-state index in [4.69, 9.17) is 5.73 Å². The topological polar surface area (TPSA) is 26.0 Å². The molecule has 2 rings (SSSR count). The highest BCUT2D eigenvalue weighted by Crippen LogP contribution is 2.38. The van der Waals surface area contributed by atoms with E-state index >= 15 is 0 Å². The Labute approximate surface area is 80.8 Å². The molecule has 1 saturated carbocycles. The van der Waals surface area contributed by atoms with E-state index in [9.17, 15) is 0 Å². The molecule has 2 bridgehead atoms. The molecule has 2 aliphatic rings. The summed E-state index contributed by atoms with van der Waals surface area (Å²) in [5.41, 5.74) is 5.68. The van der Waals surface area contributed by atoms with E-state index in [2.05, 4.69) is 12.2 Å². The van der Waals surface area contributed by atoms with Gasteiger partial charge in [0.1, 0.15) is 0 Å². The first kappa shape index (κ1) is 10.1. The molecule has 2 aliphatic carbocycles. The van der Waals surface area contributed by atoms with Gasteiger partial charge in [0, 0.05) is 0 Å². The van der Waals surface area contributed by atoms with Crippen molar-refractivity contribution in [1.82, 2.24) is 0 Å². The molecule has 0 aromatic carbocycles. The van der Waals surface area contributed by atoms with Crippen LogP contribution < -0.4 is 5.73 Å². The number of hydrogen-bond acceptors (Lipinski definition) is 1. The molecule has 1 nitrogen and oxygen atoms in total. The van der Waals surface area contributed by atoms with Crippen LogP contribution in [-0.4, -0.2) is 6.54 Å². The molecule has 2 N–H and O–H groups in total. The third kappa shape index (κ3) is 2.02. The second-order valence-corrected chi connectivity index (χ2v) is 4.10. The van der Waals surface area contributed by atoms with E-state index in [0.717, 1.165) is 24.3 Å². The molecule has 70 valence electrons. The van der Waals surface area contributed by atoms with Crippen molar-refractivity contribution in [3.8, 4) is 0 Å². The maximum absolute atomic E-state index is 5.68. The van der Waals surface area contributed by atoms with Crippen LogP contribution in [0.5, 0.6) is 0 Å². The van der Waals surface area contributed by atoms with Crippen molar-refractivity contribution in [2.75, 3.05) is 6.54 Å². The van der Waals surface area contributed by atoms with Crippen LogP contribution in [0.3, 0.4) is 0 Å². The van der Waals surface area contributed by atoms with Crippen LogP contribution in [-0.2, 0) is 0 Å². The van der Waals surface area contributed by atoms with Gasteiger partial charge >= 0.3 is 0 Å². The number of hydrogen-bond donors (Lipinski definition) is 1. The van der Waals surface area contributed by atoms with Crippen LogP contribution in [0, 0.1) is 17.8 Å². The van der Waals surface area contributed by atoms with E-state index in [1.165, 1.54) is 25.7 Å². The molecular weight excluding hydrogens is 170 g/mol. The SMILES string of the molecule is Cl.NC[C@H]1C[C@@H]2C=CC[C@@H](C2)C1. The predicted molar refractivity (Wildman–Crippen MR) is 54.4 cm³/mol. The van der Waals surface area contributed by atoms with Crippen molar-refractivity contribution in [3.05, 3.63) is 12.2 Å². The Hall–Kier alpha value is -0.0100. The van der Waals surface area contributed by atoms with Gasteiger partial charge in [-0.3, -0.25) is 0 Å². The molecule has 0 aromatic heterocycles. The van der Waals surface area contributed by atoms with Gasteiger partial charge in [-0.2, -0.15) is 0 Å². The summed E-state index contributed by atoms with van der Waals surface area (Å²) in [5, 5.41) is 0. The molecule has 0 radical (unpaired) electrons. The van der Waals surface area contributed by atoms with Gasteiger partial charge in [-0.25, -0.2) is 0 Å². The van der Waals surface area contributed by atoms with Crippen LogP contribution in [0.2, 0.25) is 0 Å². The van der Waals surface area contributed by atoms with Gasteiger partial charge in [-0.15, -0.1) is 12.4 Å². The number of rotatable bonds is 1. The first-order valence-electron chi connectivity index (χ1n) is 4.75. The minimum absolute atomic E-state index is 0. The predicted octanol–water partition coefficient (Wildman–Crippen LogP) is 2.36. The van der Waals surface area contributed by atoms with Crippen molar-refractivity contribution >= 4 is 12.4 Å². The quantitative estimate of drug-likeness (QED) is 0.627. The molecule has 0 aromatic rings. The average molecular weight is 188 g/mol. The Kier molecular flexibility index (Phi) is 3.60. The Bertz CT molecular complexity index is 167. The second kappa shape index (κ2) is 4.29. The first-order chi connectivity index (χ1) is 5.38. The molecule has 0 unspecified atom stereocenters. The minimum Gasteiger partial charge on any atom is -0.330 e. The van der Waals surface area contributed by atoms with Gasteiger partial charge in [0.25, 0.3) is 0 Å². The monoisotopic (exact) mass is 187 g/mol. The Morgan fingerprint density at radius 3 is 2.75 bits per heavy atom. The maximum Gasteiger partial charge on any atom is -0.00485 e. The molecule has 0 saturated heterocycles. The van der Waals surface area contributed by atoms with Gasteiger partial charge < -0.3 is 5.73 Å². The molecule has 2 heteroatoms. The highest BCUT2D eigenvalue weighted by Gasteiger charge is 2.28. The van der Waals surface area contributed by atoms with Gasteiger partial charge in [0.05, 0.1) is 0 Å². The zero-order valence-corrected chi connectivity index (χ0v) is 8.22. The normalized spacial score (nSPS) is 38.9. The van der Waals surface area contributed by atoms with E-state index in [1.807, 2.05) is 0 Å². The lowest BCUT2D eigenvalue weighted by Crippen LogP contribution is -2.28. The summed E-state index contributed by atoms with van der Waals surface area (Å²) in [4.78, 5) is 0. The zero-order valence-electron chi connectivity index (χ0n) is 7.41. The Morgan fingerprint density at radius 1 is 1.25 bits per heavy atom. The third-order valence-electron chi connectivity index (χ3n) is 3.15. The number of nitrogens with two attached hydrogens (primary N) is 1. The lowest BCUT2D eigenvalue weighted by molar-refractivity contribution is 0.218. The van der Waals surface area contributed by atoms with Crippen molar-refractivity contribution in [2.45, 2.75) is 25.7 Å². The van der Waals surface area contributed by atoms with Crippen molar-refractivity contribution in [2.24, 2.45) is 23.5 Å². The summed E-state index contributed by atoms with van der Waals surface area (Å²) in [6, 6.07) is 0. The van der Waals surface area contributed by atoms with E-state index < -0.39 is 0 Å². The molecule has 1 fully saturated rings. The molecule has 0 heterocycles. The molecule has 0 spiro atoms.